The van der Waals surface area contributed by atoms with E-state index in [1.54, 1.807) is 11.8 Å². The Morgan fingerprint density at radius 3 is 2.67 bits per heavy atom. The molecule has 168 valence electrons. The van der Waals surface area contributed by atoms with Crippen molar-refractivity contribution in [2.45, 2.75) is 43.0 Å². The summed E-state index contributed by atoms with van der Waals surface area (Å²) in [6.07, 6.45) is 0.855. The Morgan fingerprint density at radius 2 is 1.88 bits per heavy atom. The van der Waals surface area contributed by atoms with E-state index in [9.17, 15) is 4.79 Å². The van der Waals surface area contributed by atoms with E-state index in [0.29, 0.717) is 6.54 Å². The Kier molecular flexibility index (Phi) is 5.98. The second kappa shape index (κ2) is 9.06. The first-order chi connectivity index (χ1) is 16.0. The van der Waals surface area contributed by atoms with Crippen LogP contribution < -0.4 is 4.90 Å². The molecule has 1 saturated heterocycles. The van der Waals surface area contributed by atoms with Gasteiger partial charge in [0.2, 0.25) is 0 Å². The largest absolute Gasteiger partial charge is 0.365 e. The van der Waals surface area contributed by atoms with Crippen molar-refractivity contribution < 1.29 is 4.79 Å². The van der Waals surface area contributed by atoms with Gasteiger partial charge in [-0.1, -0.05) is 49.0 Å². The fourth-order valence-electron chi connectivity index (χ4n) is 4.73. The number of hydrogen-bond acceptors (Lipinski definition) is 4. The third kappa shape index (κ3) is 4.30. The van der Waals surface area contributed by atoms with Gasteiger partial charge in [-0.3, -0.25) is 9.79 Å². The van der Waals surface area contributed by atoms with E-state index >= 15 is 0 Å². The first kappa shape index (κ1) is 21.8. The number of fused-ring (bicyclic) bond motifs is 2. The summed E-state index contributed by atoms with van der Waals surface area (Å²) in [5.41, 5.74) is 6.37. The highest BCUT2D eigenvalue weighted by atomic mass is 32.2. The lowest BCUT2D eigenvalue weighted by molar-refractivity contribution is 0.0726. The minimum absolute atomic E-state index is 0.0913. The second-order valence-corrected chi connectivity index (χ2v) is 9.91. The molecule has 0 radical (unpaired) electrons. The lowest BCUT2D eigenvalue weighted by Gasteiger charge is -2.41. The van der Waals surface area contributed by atoms with Crippen molar-refractivity contribution in [2.75, 3.05) is 24.5 Å². The van der Waals surface area contributed by atoms with Crippen LogP contribution in [-0.4, -0.2) is 42.2 Å². The van der Waals surface area contributed by atoms with Crippen LogP contribution in [0.3, 0.4) is 0 Å². The molecule has 4 nitrogen and oxygen atoms in total. The molecule has 5 heteroatoms. The average Bonchev–Trinajstić information content (AvgIpc) is 2.99. The zero-order valence-corrected chi connectivity index (χ0v) is 20.2. The Balaban J connectivity index is 1.37. The van der Waals surface area contributed by atoms with Crippen molar-refractivity contribution in [1.82, 2.24) is 4.90 Å². The second-order valence-electron chi connectivity index (χ2n) is 8.83. The fraction of sp³-hybridized carbons (Fsp3) is 0.286. The Bertz CT molecular complexity index is 1240. The van der Waals surface area contributed by atoms with Crippen LogP contribution in [-0.2, 0) is 0 Å². The maximum Gasteiger partial charge on any atom is 0.254 e. The summed E-state index contributed by atoms with van der Waals surface area (Å²) in [6.45, 7) is 8.73. The summed E-state index contributed by atoms with van der Waals surface area (Å²) in [7, 11) is 0. The summed E-state index contributed by atoms with van der Waals surface area (Å²) in [5.74, 6) is 0.0913. The lowest BCUT2D eigenvalue weighted by Crippen LogP contribution is -2.53. The molecule has 3 aromatic carbocycles. The van der Waals surface area contributed by atoms with Crippen LogP contribution in [0.25, 0.3) is 0 Å². The fourth-order valence-corrected chi connectivity index (χ4v) is 5.75. The van der Waals surface area contributed by atoms with Crippen molar-refractivity contribution in [1.29, 1.82) is 0 Å². The Hall–Kier alpha value is -3.05. The number of anilines is 1. The van der Waals surface area contributed by atoms with Gasteiger partial charge in [0.05, 0.1) is 5.69 Å². The number of nitrogens with zero attached hydrogens (tertiary/aromatic N) is 3. The summed E-state index contributed by atoms with van der Waals surface area (Å²) in [4.78, 5) is 25.1. The van der Waals surface area contributed by atoms with Gasteiger partial charge in [0.1, 0.15) is 0 Å². The summed E-state index contributed by atoms with van der Waals surface area (Å²) in [5, 5.41) is 0. The van der Waals surface area contributed by atoms with Crippen molar-refractivity contribution >= 4 is 34.8 Å². The molecular weight excluding hydrogens is 426 g/mol. The monoisotopic (exact) mass is 455 g/mol. The number of aliphatic imine (C=N–C) groups is 1. The number of carbonyl (C=O) groups is 1. The van der Waals surface area contributed by atoms with E-state index in [2.05, 4.69) is 80.3 Å². The summed E-state index contributed by atoms with van der Waals surface area (Å²) < 4.78 is 0. The number of carbonyl (C=O) groups excluding carboxylic acids is 1. The molecule has 0 aliphatic carbocycles. The molecule has 2 aliphatic heterocycles. The maximum absolute atomic E-state index is 13.4. The van der Waals surface area contributed by atoms with Gasteiger partial charge in [-0.05, 0) is 62.2 Å². The molecule has 1 fully saturated rings. The topological polar surface area (TPSA) is 35.9 Å². The molecule has 1 amide bonds. The van der Waals surface area contributed by atoms with Gasteiger partial charge < -0.3 is 9.80 Å². The molecule has 1 atom stereocenters. The van der Waals surface area contributed by atoms with Gasteiger partial charge in [-0.15, -0.1) is 0 Å². The number of benzene rings is 3. The SMILES string of the molecule is CCC1=Nc2cc(C(=O)N3CCN(c4cccc(C)c4)C(C)C3)ccc2Sc2ccccc21. The predicted molar refractivity (Wildman–Crippen MR) is 137 cm³/mol. The first-order valence-corrected chi connectivity index (χ1v) is 12.5. The minimum atomic E-state index is 0.0913. The molecule has 0 N–H and O–H groups in total. The Morgan fingerprint density at radius 1 is 1.03 bits per heavy atom. The zero-order valence-electron chi connectivity index (χ0n) is 19.4. The standard InChI is InChI=1S/C28H29N3OS/c1-4-24-23-10-5-6-11-26(23)33-27-13-12-21(17-25(27)29-24)28(32)30-14-15-31(20(3)18-30)22-9-7-8-19(2)16-22/h5-13,16-17,20H,4,14-15,18H2,1-3H3. The molecule has 1 unspecified atom stereocenters. The van der Waals surface area contributed by atoms with Gasteiger partial charge in [0, 0.05) is 58.0 Å². The van der Waals surface area contributed by atoms with Crippen LogP contribution in [0.4, 0.5) is 11.4 Å². The molecule has 2 aliphatic rings. The Labute approximate surface area is 200 Å². The van der Waals surface area contributed by atoms with Gasteiger partial charge in [-0.2, -0.15) is 0 Å². The maximum atomic E-state index is 13.4. The molecule has 3 aromatic rings. The van der Waals surface area contributed by atoms with Crippen molar-refractivity contribution in [2.24, 2.45) is 4.99 Å². The van der Waals surface area contributed by atoms with Crippen molar-refractivity contribution in [3.63, 3.8) is 0 Å². The zero-order chi connectivity index (χ0) is 22.9. The molecule has 0 bridgehead atoms. The molecule has 33 heavy (non-hydrogen) atoms. The quantitative estimate of drug-likeness (QED) is 0.462. The smallest absolute Gasteiger partial charge is 0.254 e. The van der Waals surface area contributed by atoms with Crippen LogP contribution in [0, 0.1) is 6.92 Å². The van der Waals surface area contributed by atoms with Crippen molar-refractivity contribution in [3.8, 4) is 0 Å². The van der Waals surface area contributed by atoms with Gasteiger partial charge in [-0.25, -0.2) is 0 Å². The van der Waals surface area contributed by atoms with E-state index in [1.807, 2.05) is 17.0 Å². The normalized spacial score (nSPS) is 17.7. The number of aryl methyl sites for hydroxylation is 1. The number of rotatable bonds is 3. The van der Waals surface area contributed by atoms with E-state index in [-0.39, 0.29) is 11.9 Å². The number of amides is 1. The average molecular weight is 456 g/mol. The number of hydrogen-bond donors (Lipinski definition) is 0. The lowest BCUT2D eigenvalue weighted by atomic mass is 10.1. The van der Waals surface area contributed by atoms with E-state index in [4.69, 9.17) is 4.99 Å². The van der Waals surface area contributed by atoms with Crippen LogP contribution >= 0.6 is 11.8 Å². The van der Waals surface area contributed by atoms with Crippen molar-refractivity contribution in [3.05, 3.63) is 83.4 Å². The highest BCUT2D eigenvalue weighted by Gasteiger charge is 2.28. The number of piperazine rings is 1. The minimum Gasteiger partial charge on any atom is -0.365 e. The predicted octanol–water partition coefficient (Wildman–Crippen LogP) is 6.34. The van der Waals surface area contributed by atoms with Crippen LogP contribution in [0.1, 0.15) is 41.8 Å². The van der Waals surface area contributed by atoms with Gasteiger partial charge in [0.25, 0.3) is 5.91 Å². The summed E-state index contributed by atoms with van der Waals surface area (Å²) >= 11 is 1.73. The molecule has 2 heterocycles. The van der Waals surface area contributed by atoms with E-state index < -0.39 is 0 Å². The third-order valence-corrected chi connectivity index (χ3v) is 7.60. The van der Waals surface area contributed by atoms with Gasteiger partial charge >= 0.3 is 0 Å². The molecule has 0 saturated carbocycles. The van der Waals surface area contributed by atoms with E-state index in [1.165, 1.54) is 21.7 Å². The first-order valence-electron chi connectivity index (χ1n) is 11.6. The van der Waals surface area contributed by atoms with E-state index in [0.717, 1.165) is 41.4 Å². The summed E-state index contributed by atoms with van der Waals surface area (Å²) in [6, 6.07) is 23.3. The van der Waals surface area contributed by atoms with Crippen LogP contribution in [0.5, 0.6) is 0 Å². The van der Waals surface area contributed by atoms with Gasteiger partial charge in [0.15, 0.2) is 0 Å². The molecular formula is C28H29N3OS. The molecule has 0 aromatic heterocycles. The van der Waals surface area contributed by atoms with Crippen LogP contribution in [0.15, 0.2) is 81.5 Å². The highest BCUT2D eigenvalue weighted by molar-refractivity contribution is 7.99. The van der Waals surface area contributed by atoms with Crippen LogP contribution in [0.2, 0.25) is 0 Å². The third-order valence-electron chi connectivity index (χ3n) is 6.46. The highest BCUT2D eigenvalue weighted by Crippen LogP contribution is 2.41. The molecule has 5 rings (SSSR count). The molecule has 0 spiro atoms.